The van der Waals surface area contributed by atoms with Crippen LogP contribution in [0.4, 0.5) is 8.78 Å². The van der Waals surface area contributed by atoms with Crippen molar-refractivity contribution in [2.45, 2.75) is 18.9 Å². The van der Waals surface area contributed by atoms with Crippen LogP contribution in [0, 0.1) is 11.6 Å². The topological polar surface area (TPSA) is 55.4 Å². The molecule has 108 valence electrons. The first-order chi connectivity index (χ1) is 9.47. The van der Waals surface area contributed by atoms with Crippen molar-refractivity contribution in [2.24, 2.45) is 0 Å². The zero-order valence-electron chi connectivity index (χ0n) is 11.0. The van der Waals surface area contributed by atoms with E-state index in [0.29, 0.717) is 5.56 Å². The number of hydrogen-bond acceptors (Lipinski definition) is 3. The first-order valence-corrected chi connectivity index (χ1v) is 5.90. The number of ether oxygens (including phenoxy) is 1. The fourth-order valence-electron chi connectivity index (χ4n) is 1.60. The Kier molecular flexibility index (Phi) is 5.83. The van der Waals surface area contributed by atoms with Crippen molar-refractivity contribution < 1.29 is 23.1 Å². The molecule has 1 N–H and O–H groups in total. The second-order valence-electron chi connectivity index (χ2n) is 4.09. The molecule has 0 aliphatic carbocycles. The molecular weight excluding hydrogens is 268 g/mol. The van der Waals surface area contributed by atoms with Crippen molar-refractivity contribution >= 4 is 11.9 Å². The summed E-state index contributed by atoms with van der Waals surface area (Å²) in [6, 6.07) is 2.35. The molecule has 0 bridgehead atoms. The Morgan fingerprint density at radius 1 is 1.40 bits per heavy atom. The summed E-state index contributed by atoms with van der Waals surface area (Å²) in [5.74, 6) is -3.09. The van der Waals surface area contributed by atoms with Crippen molar-refractivity contribution in [3.63, 3.8) is 0 Å². The van der Waals surface area contributed by atoms with E-state index >= 15 is 0 Å². The minimum absolute atomic E-state index is 0.165. The van der Waals surface area contributed by atoms with Crippen LogP contribution in [-0.4, -0.2) is 25.0 Å². The van der Waals surface area contributed by atoms with Crippen molar-refractivity contribution in [1.29, 1.82) is 0 Å². The Balaban J connectivity index is 2.67. The first-order valence-electron chi connectivity index (χ1n) is 5.90. The summed E-state index contributed by atoms with van der Waals surface area (Å²) >= 11 is 0. The molecule has 0 aliphatic rings. The van der Waals surface area contributed by atoms with Crippen LogP contribution in [0.3, 0.4) is 0 Å². The van der Waals surface area contributed by atoms with Gasteiger partial charge in [0.15, 0.2) is 11.6 Å². The predicted molar refractivity (Wildman–Crippen MR) is 68.8 cm³/mol. The summed E-state index contributed by atoms with van der Waals surface area (Å²) in [6.45, 7) is 3.48. The summed E-state index contributed by atoms with van der Waals surface area (Å²) in [5.41, 5.74) is 0.309. The molecule has 6 heteroatoms. The fraction of sp³-hybridized carbons (Fsp3) is 0.286. The molecule has 20 heavy (non-hydrogen) atoms. The van der Waals surface area contributed by atoms with Gasteiger partial charge in [-0.15, -0.1) is 6.58 Å². The molecular formula is C14H15F2NO3. The zero-order valence-corrected chi connectivity index (χ0v) is 11.0. The molecule has 0 saturated heterocycles. The maximum absolute atomic E-state index is 13.0. The van der Waals surface area contributed by atoms with Crippen LogP contribution in [0.25, 0.3) is 0 Å². The highest BCUT2D eigenvalue weighted by atomic mass is 19.2. The summed E-state index contributed by atoms with van der Waals surface area (Å²) in [5, 5.41) is 2.45. The van der Waals surface area contributed by atoms with Gasteiger partial charge in [0.05, 0.1) is 13.5 Å². The molecule has 0 radical (unpaired) electrons. The summed E-state index contributed by atoms with van der Waals surface area (Å²) in [4.78, 5) is 23.1. The molecule has 0 unspecified atom stereocenters. The van der Waals surface area contributed by atoms with Gasteiger partial charge < -0.3 is 10.1 Å². The lowest BCUT2D eigenvalue weighted by Gasteiger charge is -2.14. The minimum Gasteiger partial charge on any atom is -0.467 e. The SMILES string of the molecule is C=CC[C@@H](NC(=O)Cc1ccc(F)c(F)c1)C(=O)OC. The lowest BCUT2D eigenvalue weighted by atomic mass is 10.1. The highest BCUT2D eigenvalue weighted by Gasteiger charge is 2.20. The predicted octanol–water partition coefficient (Wildman–Crippen LogP) is 1.74. The molecule has 1 atom stereocenters. The third-order valence-electron chi connectivity index (χ3n) is 2.57. The normalized spacial score (nSPS) is 11.6. The second-order valence-corrected chi connectivity index (χ2v) is 4.09. The number of carbonyl (C=O) groups is 2. The van der Waals surface area contributed by atoms with Crippen LogP contribution in [0.15, 0.2) is 30.9 Å². The van der Waals surface area contributed by atoms with E-state index in [1.54, 1.807) is 0 Å². The van der Waals surface area contributed by atoms with E-state index in [-0.39, 0.29) is 12.8 Å². The molecule has 0 heterocycles. The van der Waals surface area contributed by atoms with Gasteiger partial charge in [-0.05, 0) is 24.1 Å². The van der Waals surface area contributed by atoms with E-state index in [2.05, 4.69) is 16.6 Å². The molecule has 1 aromatic rings. The Morgan fingerprint density at radius 3 is 2.65 bits per heavy atom. The number of amides is 1. The van der Waals surface area contributed by atoms with Gasteiger partial charge in [-0.25, -0.2) is 13.6 Å². The Labute approximate surface area is 115 Å². The van der Waals surface area contributed by atoms with Crippen molar-refractivity contribution in [2.75, 3.05) is 7.11 Å². The van der Waals surface area contributed by atoms with Gasteiger partial charge in [-0.2, -0.15) is 0 Å². The van der Waals surface area contributed by atoms with Crippen LogP contribution in [0.1, 0.15) is 12.0 Å². The number of esters is 1. The number of halogens is 2. The van der Waals surface area contributed by atoms with Crippen LogP contribution >= 0.6 is 0 Å². The summed E-state index contributed by atoms with van der Waals surface area (Å²) in [7, 11) is 1.21. The molecule has 0 spiro atoms. The average Bonchev–Trinajstić information content (AvgIpc) is 2.41. The van der Waals surface area contributed by atoms with Crippen LogP contribution in [0.2, 0.25) is 0 Å². The number of nitrogens with one attached hydrogen (secondary N) is 1. The molecule has 1 amide bonds. The van der Waals surface area contributed by atoms with E-state index < -0.39 is 29.6 Å². The van der Waals surface area contributed by atoms with Crippen molar-refractivity contribution in [3.8, 4) is 0 Å². The first kappa shape index (κ1) is 15.8. The maximum Gasteiger partial charge on any atom is 0.328 e. The smallest absolute Gasteiger partial charge is 0.328 e. The zero-order chi connectivity index (χ0) is 15.1. The fourth-order valence-corrected chi connectivity index (χ4v) is 1.60. The van der Waals surface area contributed by atoms with Gasteiger partial charge in [0.1, 0.15) is 6.04 Å². The van der Waals surface area contributed by atoms with E-state index in [9.17, 15) is 18.4 Å². The lowest BCUT2D eigenvalue weighted by molar-refractivity contribution is -0.144. The van der Waals surface area contributed by atoms with Gasteiger partial charge in [-0.1, -0.05) is 12.1 Å². The molecule has 4 nitrogen and oxygen atoms in total. The minimum atomic E-state index is -1.02. The molecule has 1 aromatic carbocycles. The number of hydrogen-bond donors (Lipinski definition) is 1. The Bertz CT molecular complexity index is 517. The lowest BCUT2D eigenvalue weighted by Crippen LogP contribution is -2.41. The summed E-state index contributed by atoms with van der Waals surface area (Å²) in [6.07, 6.45) is 1.53. The van der Waals surface area contributed by atoms with E-state index in [1.165, 1.54) is 19.3 Å². The molecule has 0 fully saturated rings. The molecule has 0 aromatic heterocycles. The molecule has 1 rings (SSSR count). The quantitative estimate of drug-likeness (QED) is 0.639. The van der Waals surface area contributed by atoms with Crippen LogP contribution in [-0.2, 0) is 20.7 Å². The highest BCUT2D eigenvalue weighted by Crippen LogP contribution is 2.09. The molecule has 0 aliphatic heterocycles. The number of benzene rings is 1. The third-order valence-corrected chi connectivity index (χ3v) is 2.57. The summed E-state index contributed by atoms with van der Waals surface area (Å²) < 4.78 is 30.3. The van der Waals surface area contributed by atoms with Gasteiger partial charge in [0.25, 0.3) is 0 Å². The Morgan fingerprint density at radius 2 is 2.10 bits per heavy atom. The van der Waals surface area contributed by atoms with Gasteiger partial charge in [0.2, 0.25) is 5.91 Å². The van der Waals surface area contributed by atoms with E-state index in [4.69, 9.17) is 0 Å². The van der Waals surface area contributed by atoms with Crippen molar-refractivity contribution in [1.82, 2.24) is 5.32 Å². The van der Waals surface area contributed by atoms with Gasteiger partial charge >= 0.3 is 5.97 Å². The highest BCUT2D eigenvalue weighted by molar-refractivity contribution is 5.85. The monoisotopic (exact) mass is 283 g/mol. The van der Waals surface area contributed by atoms with E-state index in [0.717, 1.165) is 12.1 Å². The standard InChI is InChI=1S/C14H15F2NO3/c1-3-4-12(14(19)20-2)17-13(18)8-9-5-6-10(15)11(16)7-9/h3,5-7,12H,1,4,8H2,2H3,(H,17,18)/t12-/m1/s1. The largest absolute Gasteiger partial charge is 0.467 e. The average molecular weight is 283 g/mol. The van der Waals surface area contributed by atoms with Crippen LogP contribution < -0.4 is 5.32 Å². The van der Waals surface area contributed by atoms with Crippen LogP contribution in [0.5, 0.6) is 0 Å². The van der Waals surface area contributed by atoms with Crippen molar-refractivity contribution in [3.05, 3.63) is 48.1 Å². The van der Waals surface area contributed by atoms with Gasteiger partial charge in [-0.3, -0.25) is 4.79 Å². The van der Waals surface area contributed by atoms with Gasteiger partial charge in [0, 0.05) is 0 Å². The second kappa shape index (κ2) is 7.37. The maximum atomic E-state index is 13.0. The number of rotatable bonds is 6. The Hall–Kier alpha value is -2.24. The molecule has 0 saturated carbocycles. The number of methoxy groups -OCH3 is 1. The number of carbonyl (C=O) groups excluding carboxylic acids is 2. The third kappa shape index (κ3) is 4.46. The van der Waals surface area contributed by atoms with E-state index in [1.807, 2.05) is 0 Å².